The van der Waals surface area contributed by atoms with E-state index in [0.717, 1.165) is 19.3 Å². The van der Waals surface area contributed by atoms with Gasteiger partial charge in [-0.25, -0.2) is 4.79 Å². The SMILES string of the molecule is CC(C)(C)c1ccc(S[C@H]2CCC[C@H]2OCC(=O)O)c(C(C)(C)C)c1. The molecule has 0 heterocycles. The average molecular weight is 365 g/mol. The van der Waals surface area contributed by atoms with Gasteiger partial charge in [-0.2, -0.15) is 0 Å². The molecule has 0 amide bonds. The molecule has 2 rings (SSSR count). The monoisotopic (exact) mass is 364 g/mol. The van der Waals surface area contributed by atoms with Crippen LogP contribution in [0.5, 0.6) is 0 Å². The lowest BCUT2D eigenvalue weighted by atomic mass is 9.81. The molecular formula is C21H32O3S. The van der Waals surface area contributed by atoms with Crippen molar-refractivity contribution in [3.8, 4) is 0 Å². The van der Waals surface area contributed by atoms with Gasteiger partial charge in [0.25, 0.3) is 0 Å². The lowest BCUT2D eigenvalue weighted by Crippen LogP contribution is -2.24. The number of hydrogen-bond donors (Lipinski definition) is 1. The molecule has 1 N–H and O–H groups in total. The van der Waals surface area contributed by atoms with Gasteiger partial charge in [0, 0.05) is 10.1 Å². The fourth-order valence-electron chi connectivity index (χ4n) is 3.24. The molecule has 0 aliphatic heterocycles. The predicted octanol–water partition coefficient (Wildman–Crippen LogP) is 5.40. The Morgan fingerprint density at radius 1 is 1.16 bits per heavy atom. The topological polar surface area (TPSA) is 46.5 Å². The van der Waals surface area contributed by atoms with Crippen molar-refractivity contribution < 1.29 is 14.6 Å². The zero-order valence-electron chi connectivity index (χ0n) is 16.4. The molecule has 0 unspecified atom stereocenters. The zero-order chi connectivity index (χ0) is 18.8. The quantitative estimate of drug-likeness (QED) is 0.760. The van der Waals surface area contributed by atoms with Crippen molar-refractivity contribution in [2.75, 3.05) is 6.61 Å². The first-order valence-corrected chi connectivity index (χ1v) is 10.0. The first-order chi connectivity index (χ1) is 11.5. The summed E-state index contributed by atoms with van der Waals surface area (Å²) in [5.74, 6) is -0.888. The third-order valence-corrected chi connectivity index (χ3v) is 6.20. The highest BCUT2D eigenvalue weighted by Crippen LogP contribution is 2.42. The van der Waals surface area contributed by atoms with Crippen LogP contribution >= 0.6 is 11.8 Å². The maximum atomic E-state index is 10.8. The van der Waals surface area contributed by atoms with Crippen LogP contribution in [0, 0.1) is 0 Å². The molecule has 0 saturated heterocycles. The second-order valence-corrected chi connectivity index (χ2v) is 10.3. The van der Waals surface area contributed by atoms with Crippen molar-refractivity contribution in [3.63, 3.8) is 0 Å². The second kappa shape index (κ2) is 7.71. The second-order valence-electron chi connectivity index (χ2n) is 9.04. The number of benzene rings is 1. The van der Waals surface area contributed by atoms with E-state index in [1.165, 1.54) is 16.0 Å². The Labute approximate surface area is 156 Å². The van der Waals surface area contributed by atoms with Gasteiger partial charge in [-0.05, 0) is 47.3 Å². The van der Waals surface area contributed by atoms with Crippen LogP contribution in [0.15, 0.2) is 23.1 Å². The number of carboxylic acids is 1. The molecule has 25 heavy (non-hydrogen) atoms. The summed E-state index contributed by atoms with van der Waals surface area (Å²) in [4.78, 5) is 12.1. The van der Waals surface area contributed by atoms with Crippen LogP contribution in [0.25, 0.3) is 0 Å². The minimum Gasteiger partial charge on any atom is -0.480 e. The van der Waals surface area contributed by atoms with E-state index >= 15 is 0 Å². The van der Waals surface area contributed by atoms with Crippen LogP contribution in [0.2, 0.25) is 0 Å². The highest BCUT2D eigenvalue weighted by atomic mass is 32.2. The Kier molecular flexibility index (Phi) is 6.26. The smallest absolute Gasteiger partial charge is 0.329 e. The van der Waals surface area contributed by atoms with Gasteiger partial charge >= 0.3 is 5.97 Å². The molecule has 1 aliphatic rings. The number of carboxylic acid groups (broad SMARTS) is 1. The molecule has 1 aromatic rings. The third-order valence-electron chi connectivity index (χ3n) is 4.74. The highest BCUT2D eigenvalue weighted by molar-refractivity contribution is 8.00. The highest BCUT2D eigenvalue weighted by Gasteiger charge is 2.31. The third kappa shape index (κ3) is 5.49. The number of rotatable bonds is 5. The average Bonchev–Trinajstić information content (AvgIpc) is 2.90. The Hall–Kier alpha value is -1.00. The lowest BCUT2D eigenvalue weighted by Gasteiger charge is -2.29. The van der Waals surface area contributed by atoms with Crippen LogP contribution in [0.1, 0.15) is 71.9 Å². The molecule has 1 saturated carbocycles. The van der Waals surface area contributed by atoms with Gasteiger partial charge in [0.1, 0.15) is 6.61 Å². The molecule has 1 aliphatic carbocycles. The van der Waals surface area contributed by atoms with Crippen molar-refractivity contribution >= 4 is 17.7 Å². The van der Waals surface area contributed by atoms with Crippen LogP contribution < -0.4 is 0 Å². The van der Waals surface area contributed by atoms with Crippen LogP contribution in [-0.4, -0.2) is 29.0 Å². The molecule has 2 atom stereocenters. The Morgan fingerprint density at radius 3 is 2.40 bits per heavy atom. The van der Waals surface area contributed by atoms with Gasteiger partial charge in [0.05, 0.1) is 6.10 Å². The van der Waals surface area contributed by atoms with Gasteiger partial charge in [-0.15, -0.1) is 11.8 Å². The summed E-state index contributed by atoms with van der Waals surface area (Å²) in [6.07, 6.45) is 3.18. The molecule has 0 radical (unpaired) electrons. The molecule has 0 aromatic heterocycles. The number of thioether (sulfide) groups is 1. The Morgan fingerprint density at radius 2 is 1.84 bits per heavy atom. The minimum atomic E-state index is -0.888. The van der Waals surface area contributed by atoms with E-state index in [1.54, 1.807) is 0 Å². The summed E-state index contributed by atoms with van der Waals surface area (Å²) in [6, 6.07) is 6.84. The van der Waals surface area contributed by atoms with E-state index in [4.69, 9.17) is 9.84 Å². The van der Waals surface area contributed by atoms with Gasteiger partial charge in [0.2, 0.25) is 0 Å². The largest absolute Gasteiger partial charge is 0.480 e. The standard InChI is InChI=1S/C21H32O3S/c1-20(2,3)14-10-11-17(15(12-14)21(4,5)6)25-18-9-7-8-16(18)24-13-19(22)23/h10-12,16,18H,7-9,13H2,1-6H3,(H,22,23)/t16-,18+/m1/s1. The summed E-state index contributed by atoms with van der Waals surface area (Å²) >= 11 is 1.87. The zero-order valence-corrected chi connectivity index (χ0v) is 17.2. The molecule has 0 bridgehead atoms. The van der Waals surface area contributed by atoms with E-state index in [2.05, 4.69) is 59.7 Å². The number of hydrogen-bond acceptors (Lipinski definition) is 3. The van der Waals surface area contributed by atoms with Gasteiger partial charge in [0.15, 0.2) is 0 Å². The van der Waals surface area contributed by atoms with Crippen molar-refractivity contribution in [1.29, 1.82) is 0 Å². The summed E-state index contributed by atoms with van der Waals surface area (Å²) < 4.78 is 5.63. The van der Waals surface area contributed by atoms with E-state index in [0.29, 0.717) is 5.25 Å². The van der Waals surface area contributed by atoms with Gasteiger partial charge < -0.3 is 9.84 Å². The summed E-state index contributed by atoms with van der Waals surface area (Å²) in [5, 5.41) is 9.21. The van der Waals surface area contributed by atoms with Gasteiger partial charge in [-0.3, -0.25) is 0 Å². The van der Waals surface area contributed by atoms with Gasteiger partial charge in [-0.1, -0.05) is 53.7 Å². The summed E-state index contributed by atoms with van der Waals surface area (Å²) in [7, 11) is 0. The van der Waals surface area contributed by atoms with Crippen molar-refractivity contribution in [3.05, 3.63) is 29.3 Å². The maximum Gasteiger partial charge on any atom is 0.329 e. The van der Waals surface area contributed by atoms with Crippen LogP contribution in [-0.2, 0) is 20.4 Å². The first-order valence-electron chi connectivity index (χ1n) is 9.13. The molecule has 0 spiro atoms. The number of carbonyl (C=O) groups is 1. The Bertz CT molecular complexity index is 611. The van der Waals surface area contributed by atoms with Crippen molar-refractivity contribution in [1.82, 2.24) is 0 Å². The molecule has 1 fully saturated rings. The van der Waals surface area contributed by atoms with Crippen molar-refractivity contribution in [2.45, 2.75) is 87.9 Å². The van der Waals surface area contributed by atoms with Crippen LogP contribution in [0.3, 0.4) is 0 Å². The molecular weight excluding hydrogens is 332 g/mol. The Balaban J connectivity index is 2.24. The summed E-state index contributed by atoms with van der Waals surface area (Å²) in [5.41, 5.74) is 2.92. The minimum absolute atomic E-state index is 0.0382. The first kappa shape index (κ1) is 20.3. The summed E-state index contributed by atoms with van der Waals surface area (Å²) in [6.45, 7) is 13.3. The fourth-order valence-corrected chi connectivity index (χ4v) is 4.86. The van der Waals surface area contributed by atoms with E-state index in [-0.39, 0.29) is 23.5 Å². The maximum absolute atomic E-state index is 10.8. The van der Waals surface area contributed by atoms with Crippen molar-refractivity contribution in [2.24, 2.45) is 0 Å². The molecule has 140 valence electrons. The van der Waals surface area contributed by atoms with E-state index in [1.807, 2.05) is 11.8 Å². The number of aliphatic carboxylic acids is 1. The van der Waals surface area contributed by atoms with E-state index in [9.17, 15) is 4.79 Å². The number of ether oxygens (including phenoxy) is 1. The normalized spacial score (nSPS) is 21.5. The lowest BCUT2D eigenvalue weighted by molar-refractivity contribution is -0.144. The molecule has 1 aromatic carbocycles. The van der Waals surface area contributed by atoms with Crippen LogP contribution in [0.4, 0.5) is 0 Å². The molecule has 4 heteroatoms. The molecule has 3 nitrogen and oxygen atoms in total. The van der Waals surface area contributed by atoms with E-state index < -0.39 is 5.97 Å². The fraction of sp³-hybridized carbons (Fsp3) is 0.667. The predicted molar refractivity (Wildman–Crippen MR) is 105 cm³/mol.